The van der Waals surface area contributed by atoms with Gasteiger partial charge in [0, 0.05) is 60.1 Å². The molecule has 2 aromatic heterocycles. The van der Waals surface area contributed by atoms with Gasteiger partial charge in [0.1, 0.15) is 12.1 Å². The van der Waals surface area contributed by atoms with E-state index in [1.165, 1.54) is 13.3 Å². The Morgan fingerprint density at radius 1 is 1.20 bits per heavy atom. The minimum absolute atomic E-state index is 0.00746. The Hall–Kier alpha value is -3.69. The molecule has 1 fully saturated rings. The predicted molar refractivity (Wildman–Crippen MR) is 136 cm³/mol. The van der Waals surface area contributed by atoms with Crippen LogP contribution in [0.1, 0.15) is 18.2 Å². The van der Waals surface area contributed by atoms with Crippen molar-refractivity contribution >= 4 is 51.0 Å². The van der Waals surface area contributed by atoms with Crippen molar-refractivity contribution in [3.63, 3.8) is 0 Å². The number of aromatic amines is 1. The number of nitrogens with one attached hydrogen (secondary N) is 2. The summed E-state index contributed by atoms with van der Waals surface area (Å²) >= 11 is 6.12. The fourth-order valence-electron chi connectivity index (χ4n) is 4.63. The monoisotopic (exact) mass is 491 g/mol. The van der Waals surface area contributed by atoms with Crippen molar-refractivity contribution in [3.05, 3.63) is 65.1 Å². The van der Waals surface area contributed by atoms with E-state index in [2.05, 4.69) is 31.2 Å². The number of anilines is 1. The number of aromatic nitrogens is 3. The SMILES string of the molecule is CC(=O)NC[C@H]1CN(Cc2cc3cc(Cl)ccc3[nH]2)CC(=O)N1Cc1ccc2c(N)ncnc2c1. The number of nitrogens with two attached hydrogens (primary N) is 1. The molecule has 0 spiro atoms. The second-order valence-electron chi connectivity index (χ2n) is 8.92. The van der Waals surface area contributed by atoms with Crippen molar-refractivity contribution in [2.45, 2.75) is 26.1 Å². The highest BCUT2D eigenvalue weighted by Gasteiger charge is 2.33. The average molecular weight is 492 g/mol. The van der Waals surface area contributed by atoms with Crippen LogP contribution in [0, 0.1) is 0 Å². The molecule has 0 aliphatic carbocycles. The third kappa shape index (κ3) is 5.06. The fraction of sp³-hybridized carbons (Fsp3) is 0.280. The van der Waals surface area contributed by atoms with Crippen molar-refractivity contribution in [1.82, 2.24) is 30.1 Å². The molecule has 4 aromatic rings. The molecule has 1 aliphatic heterocycles. The lowest BCUT2D eigenvalue weighted by Crippen LogP contribution is -2.58. The van der Waals surface area contributed by atoms with Crippen LogP contribution in [0.25, 0.3) is 21.8 Å². The lowest BCUT2D eigenvalue weighted by atomic mass is 10.1. The number of fused-ring (bicyclic) bond motifs is 2. The smallest absolute Gasteiger partial charge is 0.237 e. The highest BCUT2D eigenvalue weighted by molar-refractivity contribution is 6.31. The topological polar surface area (TPSA) is 120 Å². The van der Waals surface area contributed by atoms with E-state index in [0.717, 1.165) is 33.1 Å². The number of hydrogen-bond acceptors (Lipinski definition) is 6. The molecule has 0 saturated carbocycles. The largest absolute Gasteiger partial charge is 0.383 e. The van der Waals surface area contributed by atoms with Gasteiger partial charge in [-0.1, -0.05) is 17.7 Å². The highest BCUT2D eigenvalue weighted by atomic mass is 35.5. The van der Waals surface area contributed by atoms with E-state index < -0.39 is 0 Å². The van der Waals surface area contributed by atoms with E-state index >= 15 is 0 Å². The molecule has 35 heavy (non-hydrogen) atoms. The maximum Gasteiger partial charge on any atom is 0.237 e. The Balaban J connectivity index is 1.35. The van der Waals surface area contributed by atoms with Crippen molar-refractivity contribution in [3.8, 4) is 0 Å². The van der Waals surface area contributed by atoms with E-state index in [0.29, 0.717) is 37.0 Å². The summed E-state index contributed by atoms with van der Waals surface area (Å²) in [6, 6.07) is 13.3. The van der Waals surface area contributed by atoms with Crippen LogP contribution in [0.15, 0.2) is 48.8 Å². The number of benzene rings is 2. The molecule has 2 amide bonds. The first kappa shape index (κ1) is 23.1. The summed E-state index contributed by atoms with van der Waals surface area (Å²) in [5, 5.41) is 5.38. The van der Waals surface area contributed by atoms with Crippen molar-refractivity contribution in [1.29, 1.82) is 0 Å². The molecule has 0 radical (unpaired) electrons. The number of piperazine rings is 1. The minimum Gasteiger partial charge on any atom is -0.383 e. The van der Waals surface area contributed by atoms with Crippen LogP contribution in [0.2, 0.25) is 5.02 Å². The molecule has 10 heteroatoms. The summed E-state index contributed by atoms with van der Waals surface area (Å²) < 4.78 is 0. The summed E-state index contributed by atoms with van der Waals surface area (Å²) in [4.78, 5) is 40.6. The van der Waals surface area contributed by atoms with Gasteiger partial charge in [-0.3, -0.25) is 14.5 Å². The molecular weight excluding hydrogens is 466 g/mol. The van der Waals surface area contributed by atoms with Gasteiger partial charge in [0.25, 0.3) is 0 Å². The number of halogens is 1. The predicted octanol–water partition coefficient (Wildman–Crippen LogP) is 2.70. The quantitative estimate of drug-likeness (QED) is 0.381. The standard InChI is InChI=1S/C25H26ClN7O2/c1-15(34)28-9-20-12-32(11-19-8-17-7-18(26)3-5-22(17)31-19)13-24(35)33(20)10-16-2-4-21-23(6-16)29-14-30-25(21)27/h2-8,14,20,31H,9-13H2,1H3,(H,28,34)(H2,27,29,30)/t20-/m0/s1. The summed E-state index contributed by atoms with van der Waals surface area (Å²) in [7, 11) is 0. The van der Waals surface area contributed by atoms with Crippen LogP contribution in [-0.4, -0.2) is 62.2 Å². The first-order valence-corrected chi connectivity index (χ1v) is 11.8. The summed E-state index contributed by atoms with van der Waals surface area (Å²) in [5.74, 6) is 0.307. The Bertz CT molecular complexity index is 1420. The second kappa shape index (κ2) is 9.52. The number of rotatable bonds is 6. The van der Waals surface area contributed by atoms with Crippen LogP contribution in [-0.2, 0) is 22.7 Å². The molecule has 0 bridgehead atoms. The Morgan fingerprint density at radius 3 is 2.89 bits per heavy atom. The zero-order chi connectivity index (χ0) is 24.5. The number of carbonyl (C=O) groups excluding carboxylic acids is 2. The third-order valence-electron chi connectivity index (χ3n) is 6.29. The average Bonchev–Trinajstić information content (AvgIpc) is 3.21. The van der Waals surface area contributed by atoms with Crippen LogP contribution >= 0.6 is 11.6 Å². The van der Waals surface area contributed by atoms with Gasteiger partial charge in [-0.2, -0.15) is 0 Å². The lowest BCUT2D eigenvalue weighted by Gasteiger charge is -2.41. The van der Waals surface area contributed by atoms with Crippen LogP contribution in [0.4, 0.5) is 5.82 Å². The van der Waals surface area contributed by atoms with Crippen LogP contribution < -0.4 is 11.1 Å². The molecule has 4 N–H and O–H groups in total. The Kier molecular flexibility index (Phi) is 6.27. The first-order valence-electron chi connectivity index (χ1n) is 11.4. The van der Waals surface area contributed by atoms with Crippen molar-refractivity contribution < 1.29 is 9.59 Å². The van der Waals surface area contributed by atoms with Gasteiger partial charge in [0.05, 0.1) is 18.1 Å². The molecular formula is C25H26ClN7O2. The van der Waals surface area contributed by atoms with Crippen LogP contribution in [0.5, 0.6) is 0 Å². The number of amides is 2. The number of nitrogen functional groups attached to an aromatic ring is 1. The number of carbonyl (C=O) groups is 2. The Morgan fingerprint density at radius 2 is 2.06 bits per heavy atom. The number of hydrogen-bond donors (Lipinski definition) is 3. The van der Waals surface area contributed by atoms with Gasteiger partial charge >= 0.3 is 0 Å². The summed E-state index contributed by atoms with van der Waals surface area (Å²) in [6.45, 7) is 3.79. The Labute approximate surface area is 207 Å². The number of H-pyrrole nitrogens is 1. The highest BCUT2D eigenvalue weighted by Crippen LogP contribution is 2.24. The zero-order valence-corrected chi connectivity index (χ0v) is 20.0. The molecule has 1 aliphatic rings. The molecule has 9 nitrogen and oxygen atoms in total. The maximum atomic E-state index is 13.3. The van der Waals surface area contributed by atoms with E-state index in [1.54, 1.807) is 0 Å². The van der Waals surface area contributed by atoms with Crippen molar-refractivity contribution in [2.75, 3.05) is 25.4 Å². The lowest BCUT2D eigenvalue weighted by molar-refractivity contribution is -0.141. The number of nitrogens with zero attached hydrogens (tertiary/aromatic N) is 4. The van der Waals surface area contributed by atoms with E-state index in [4.69, 9.17) is 17.3 Å². The summed E-state index contributed by atoms with van der Waals surface area (Å²) in [6.07, 6.45) is 1.43. The third-order valence-corrected chi connectivity index (χ3v) is 6.53. The molecule has 0 unspecified atom stereocenters. The molecule has 1 saturated heterocycles. The van der Waals surface area contributed by atoms with Gasteiger partial charge < -0.3 is 20.9 Å². The normalized spacial score (nSPS) is 16.8. The van der Waals surface area contributed by atoms with Crippen LogP contribution in [0.3, 0.4) is 0 Å². The molecule has 3 heterocycles. The van der Waals surface area contributed by atoms with Gasteiger partial charge in [-0.05, 0) is 42.0 Å². The second-order valence-corrected chi connectivity index (χ2v) is 9.36. The van der Waals surface area contributed by atoms with Gasteiger partial charge in [0.15, 0.2) is 0 Å². The molecule has 2 aromatic carbocycles. The first-order chi connectivity index (χ1) is 16.9. The zero-order valence-electron chi connectivity index (χ0n) is 19.3. The van der Waals surface area contributed by atoms with E-state index in [-0.39, 0.29) is 24.4 Å². The summed E-state index contributed by atoms with van der Waals surface area (Å²) in [5.41, 5.74) is 9.63. The molecule has 5 rings (SSSR count). The fourth-order valence-corrected chi connectivity index (χ4v) is 4.81. The van der Waals surface area contributed by atoms with E-state index in [1.807, 2.05) is 41.3 Å². The molecule has 1 atom stereocenters. The maximum absolute atomic E-state index is 13.3. The van der Waals surface area contributed by atoms with Gasteiger partial charge in [-0.15, -0.1) is 0 Å². The van der Waals surface area contributed by atoms with Gasteiger partial charge in [-0.25, -0.2) is 9.97 Å². The molecule has 180 valence electrons. The van der Waals surface area contributed by atoms with Crippen molar-refractivity contribution in [2.24, 2.45) is 0 Å². The minimum atomic E-state index is -0.176. The van der Waals surface area contributed by atoms with E-state index in [9.17, 15) is 9.59 Å². The van der Waals surface area contributed by atoms with Gasteiger partial charge in [0.2, 0.25) is 11.8 Å².